The predicted molar refractivity (Wildman–Crippen MR) is 83.3 cm³/mol. The third kappa shape index (κ3) is 2.75. The summed E-state index contributed by atoms with van der Waals surface area (Å²) in [7, 11) is 0. The van der Waals surface area contributed by atoms with Crippen LogP contribution in [0.4, 0.5) is 0 Å². The Morgan fingerprint density at radius 3 is 2.05 bits per heavy atom. The van der Waals surface area contributed by atoms with Crippen LogP contribution in [0.1, 0.15) is 27.8 Å². The van der Waals surface area contributed by atoms with Crippen molar-refractivity contribution in [2.45, 2.75) is 33.9 Å². The van der Waals surface area contributed by atoms with E-state index < -0.39 is 0 Å². The van der Waals surface area contributed by atoms with Gasteiger partial charge in [-0.25, -0.2) is 9.97 Å². The SMILES string of the molecule is Cc1cc(Cn2ccnc2)c(C)c(C)c1Cn1ccnc1. The lowest BCUT2D eigenvalue weighted by atomic mass is 9.93. The fraction of sp³-hybridized carbons (Fsp3) is 0.294. The highest BCUT2D eigenvalue weighted by Crippen LogP contribution is 2.23. The topological polar surface area (TPSA) is 35.6 Å². The van der Waals surface area contributed by atoms with Crippen LogP contribution in [0, 0.1) is 20.8 Å². The van der Waals surface area contributed by atoms with Crippen molar-refractivity contribution in [1.29, 1.82) is 0 Å². The van der Waals surface area contributed by atoms with Crippen molar-refractivity contribution >= 4 is 0 Å². The van der Waals surface area contributed by atoms with Crippen molar-refractivity contribution in [3.63, 3.8) is 0 Å². The maximum Gasteiger partial charge on any atom is 0.0949 e. The first-order chi connectivity index (χ1) is 10.1. The van der Waals surface area contributed by atoms with Crippen molar-refractivity contribution in [3.8, 4) is 0 Å². The molecule has 108 valence electrons. The summed E-state index contributed by atoms with van der Waals surface area (Å²) in [5, 5.41) is 0. The molecule has 0 aliphatic rings. The number of hydrogen-bond donors (Lipinski definition) is 0. The van der Waals surface area contributed by atoms with E-state index in [4.69, 9.17) is 0 Å². The van der Waals surface area contributed by atoms with Gasteiger partial charge in [0.25, 0.3) is 0 Å². The Bertz CT molecular complexity index is 725. The molecule has 4 nitrogen and oxygen atoms in total. The molecule has 0 radical (unpaired) electrons. The number of nitrogens with zero attached hydrogens (tertiary/aromatic N) is 4. The van der Waals surface area contributed by atoms with Gasteiger partial charge in [0.15, 0.2) is 0 Å². The van der Waals surface area contributed by atoms with E-state index in [1.807, 2.05) is 37.4 Å². The Labute approximate surface area is 125 Å². The quantitative estimate of drug-likeness (QED) is 0.736. The molecule has 21 heavy (non-hydrogen) atoms. The van der Waals surface area contributed by atoms with E-state index in [2.05, 4.69) is 45.9 Å². The van der Waals surface area contributed by atoms with Gasteiger partial charge in [-0.15, -0.1) is 0 Å². The van der Waals surface area contributed by atoms with Crippen molar-refractivity contribution in [3.05, 3.63) is 71.3 Å². The molecule has 0 spiro atoms. The van der Waals surface area contributed by atoms with E-state index in [1.54, 1.807) is 0 Å². The van der Waals surface area contributed by atoms with E-state index in [0.717, 1.165) is 13.1 Å². The molecule has 0 saturated heterocycles. The number of aromatic nitrogens is 4. The fourth-order valence-electron chi connectivity index (χ4n) is 2.77. The minimum absolute atomic E-state index is 0.874. The first-order valence-corrected chi connectivity index (χ1v) is 7.15. The lowest BCUT2D eigenvalue weighted by Gasteiger charge is -2.17. The highest BCUT2D eigenvalue weighted by Gasteiger charge is 2.11. The third-order valence-corrected chi connectivity index (χ3v) is 4.18. The monoisotopic (exact) mass is 280 g/mol. The van der Waals surface area contributed by atoms with Gasteiger partial charge in [0, 0.05) is 37.9 Å². The van der Waals surface area contributed by atoms with Crippen LogP contribution in [0.5, 0.6) is 0 Å². The highest BCUT2D eigenvalue weighted by atomic mass is 15.0. The summed E-state index contributed by atoms with van der Waals surface area (Å²) in [5.41, 5.74) is 6.82. The molecule has 3 rings (SSSR count). The van der Waals surface area contributed by atoms with E-state index in [1.165, 1.54) is 27.8 Å². The molecule has 1 aromatic carbocycles. The standard InChI is InChI=1S/C17H20N4/c1-13-8-16(9-20-6-4-18-11-20)14(2)15(3)17(13)10-21-7-5-19-12-21/h4-8,11-12H,9-10H2,1-3H3. The molecule has 2 heterocycles. The Hall–Kier alpha value is -2.36. The molecular weight excluding hydrogens is 260 g/mol. The summed E-state index contributed by atoms with van der Waals surface area (Å²) in [6.45, 7) is 8.36. The van der Waals surface area contributed by atoms with Crippen LogP contribution in [-0.2, 0) is 13.1 Å². The van der Waals surface area contributed by atoms with E-state index >= 15 is 0 Å². The number of aryl methyl sites for hydroxylation is 1. The van der Waals surface area contributed by atoms with Crippen LogP contribution in [0.15, 0.2) is 43.5 Å². The van der Waals surface area contributed by atoms with Crippen molar-refractivity contribution < 1.29 is 0 Å². The molecule has 0 atom stereocenters. The highest BCUT2D eigenvalue weighted by molar-refractivity contribution is 5.44. The lowest BCUT2D eigenvalue weighted by Crippen LogP contribution is -2.07. The molecule has 0 aliphatic carbocycles. The van der Waals surface area contributed by atoms with Gasteiger partial charge in [-0.1, -0.05) is 6.07 Å². The Balaban J connectivity index is 1.95. The second-order valence-electron chi connectivity index (χ2n) is 5.55. The van der Waals surface area contributed by atoms with Crippen molar-refractivity contribution in [2.24, 2.45) is 0 Å². The first-order valence-electron chi connectivity index (χ1n) is 7.15. The molecule has 4 heteroatoms. The molecular formula is C17H20N4. The van der Waals surface area contributed by atoms with Crippen LogP contribution >= 0.6 is 0 Å². The minimum Gasteiger partial charge on any atom is -0.333 e. The normalized spacial score (nSPS) is 11.0. The number of rotatable bonds is 4. The van der Waals surface area contributed by atoms with E-state index in [0.29, 0.717) is 0 Å². The molecule has 0 N–H and O–H groups in total. The van der Waals surface area contributed by atoms with Crippen LogP contribution in [0.25, 0.3) is 0 Å². The van der Waals surface area contributed by atoms with Crippen LogP contribution in [-0.4, -0.2) is 19.1 Å². The fourth-order valence-corrected chi connectivity index (χ4v) is 2.77. The van der Waals surface area contributed by atoms with E-state index in [-0.39, 0.29) is 0 Å². The van der Waals surface area contributed by atoms with E-state index in [9.17, 15) is 0 Å². The zero-order valence-electron chi connectivity index (χ0n) is 12.7. The number of benzene rings is 1. The van der Waals surface area contributed by atoms with Gasteiger partial charge in [0.1, 0.15) is 0 Å². The Kier molecular flexibility index (Phi) is 3.60. The van der Waals surface area contributed by atoms with Gasteiger partial charge in [-0.05, 0) is 48.6 Å². The number of hydrogen-bond acceptors (Lipinski definition) is 2. The van der Waals surface area contributed by atoms with Crippen LogP contribution in [0.2, 0.25) is 0 Å². The summed E-state index contributed by atoms with van der Waals surface area (Å²) in [5.74, 6) is 0. The third-order valence-electron chi connectivity index (χ3n) is 4.18. The molecule has 3 aromatic rings. The molecule has 0 aliphatic heterocycles. The molecule has 0 saturated carbocycles. The first kappa shape index (κ1) is 13.6. The molecule has 0 amide bonds. The van der Waals surface area contributed by atoms with Crippen molar-refractivity contribution in [2.75, 3.05) is 0 Å². The molecule has 2 aromatic heterocycles. The predicted octanol–water partition coefficient (Wildman–Crippen LogP) is 3.10. The zero-order valence-corrected chi connectivity index (χ0v) is 12.7. The lowest BCUT2D eigenvalue weighted by molar-refractivity contribution is 0.769. The average molecular weight is 280 g/mol. The molecule has 0 fully saturated rings. The van der Waals surface area contributed by atoms with Crippen LogP contribution in [0.3, 0.4) is 0 Å². The number of imidazole rings is 2. The largest absolute Gasteiger partial charge is 0.333 e. The summed E-state index contributed by atoms with van der Waals surface area (Å²) < 4.78 is 4.22. The van der Waals surface area contributed by atoms with Gasteiger partial charge in [0.05, 0.1) is 12.7 Å². The summed E-state index contributed by atoms with van der Waals surface area (Å²) in [6, 6.07) is 2.30. The van der Waals surface area contributed by atoms with Gasteiger partial charge < -0.3 is 9.13 Å². The van der Waals surface area contributed by atoms with Gasteiger partial charge in [-0.2, -0.15) is 0 Å². The summed E-state index contributed by atoms with van der Waals surface area (Å²) in [6.07, 6.45) is 11.4. The Morgan fingerprint density at radius 1 is 0.857 bits per heavy atom. The van der Waals surface area contributed by atoms with Crippen LogP contribution < -0.4 is 0 Å². The van der Waals surface area contributed by atoms with Crippen molar-refractivity contribution in [1.82, 2.24) is 19.1 Å². The summed E-state index contributed by atoms with van der Waals surface area (Å²) in [4.78, 5) is 8.23. The zero-order chi connectivity index (χ0) is 14.8. The van der Waals surface area contributed by atoms with Gasteiger partial charge in [0.2, 0.25) is 0 Å². The maximum atomic E-state index is 4.12. The molecule has 0 unspecified atom stereocenters. The van der Waals surface area contributed by atoms with Gasteiger partial charge >= 0.3 is 0 Å². The maximum absolute atomic E-state index is 4.12. The average Bonchev–Trinajstić information content (AvgIpc) is 3.14. The second kappa shape index (κ2) is 5.56. The Morgan fingerprint density at radius 2 is 1.48 bits per heavy atom. The smallest absolute Gasteiger partial charge is 0.0949 e. The minimum atomic E-state index is 0.874. The second-order valence-corrected chi connectivity index (χ2v) is 5.55. The summed E-state index contributed by atoms with van der Waals surface area (Å²) >= 11 is 0. The molecule has 0 bridgehead atoms. The van der Waals surface area contributed by atoms with Gasteiger partial charge in [-0.3, -0.25) is 0 Å².